The molecule has 6 nitrogen and oxygen atoms in total. The zero-order chi connectivity index (χ0) is 17.2. The number of ether oxygens (including phenoxy) is 2. The fourth-order valence-electron chi connectivity index (χ4n) is 1.66. The second-order valence-corrected chi connectivity index (χ2v) is 4.99. The van der Waals surface area contributed by atoms with Crippen LogP contribution in [0.2, 0.25) is 5.02 Å². The molecule has 2 aromatic rings. The fourth-order valence-corrected chi connectivity index (χ4v) is 1.78. The lowest BCUT2D eigenvalue weighted by Gasteiger charge is -2.04. The summed E-state index contributed by atoms with van der Waals surface area (Å²) in [6, 6.07) is 15.5. The van der Waals surface area contributed by atoms with Gasteiger partial charge in [-0.2, -0.15) is 10.4 Å². The van der Waals surface area contributed by atoms with Gasteiger partial charge >= 0.3 is 0 Å². The van der Waals surface area contributed by atoms with Crippen LogP contribution in [-0.2, 0) is 4.79 Å². The molecular formula is C17H14ClN3O3. The minimum absolute atomic E-state index is 0.00286. The Morgan fingerprint density at radius 1 is 1.12 bits per heavy atom. The van der Waals surface area contributed by atoms with Crippen molar-refractivity contribution in [3.63, 3.8) is 0 Å². The number of nitriles is 1. The van der Waals surface area contributed by atoms with Crippen molar-refractivity contribution in [2.24, 2.45) is 5.10 Å². The van der Waals surface area contributed by atoms with Crippen molar-refractivity contribution in [3.05, 3.63) is 59.1 Å². The molecule has 0 unspecified atom stereocenters. The van der Waals surface area contributed by atoms with Crippen molar-refractivity contribution in [1.82, 2.24) is 5.43 Å². The van der Waals surface area contributed by atoms with Crippen LogP contribution in [0, 0.1) is 11.3 Å². The highest BCUT2D eigenvalue weighted by atomic mass is 35.5. The number of rotatable bonds is 7. The average molecular weight is 344 g/mol. The largest absolute Gasteiger partial charge is 0.484 e. The summed E-state index contributed by atoms with van der Waals surface area (Å²) in [4.78, 5) is 11.6. The molecule has 0 bridgehead atoms. The van der Waals surface area contributed by atoms with Gasteiger partial charge in [-0.3, -0.25) is 4.79 Å². The van der Waals surface area contributed by atoms with E-state index in [1.807, 2.05) is 6.07 Å². The monoisotopic (exact) mass is 343 g/mol. The molecule has 7 heteroatoms. The predicted molar refractivity (Wildman–Crippen MR) is 90.2 cm³/mol. The highest BCUT2D eigenvalue weighted by molar-refractivity contribution is 6.30. The summed E-state index contributed by atoms with van der Waals surface area (Å²) in [6.45, 7) is -0.156. The van der Waals surface area contributed by atoms with Crippen LogP contribution in [-0.4, -0.2) is 25.3 Å². The fraction of sp³-hybridized carbons (Fsp3) is 0.118. The number of carbonyl (C=O) groups is 1. The molecule has 0 spiro atoms. The molecule has 1 N–H and O–H groups in total. The second kappa shape index (κ2) is 9.18. The van der Waals surface area contributed by atoms with Crippen LogP contribution >= 0.6 is 11.6 Å². The molecule has 0 aliphatic rings. The number of benzene rings is 2. The third kappa shape index (κ3) is 5.99. The third-order valence-corrected chi connectivity index (χ3v) is 3.02. The van der Waals surface area contributed by atoms with Crippen LogP contribution in [0.4, 0.5) is 0 Å². The Labute approximate surface area is 144 Å². The Hall–Kier alpha value is -3.04. The van der Waals surface area contributed by atoms with E-state index in [4.69, 9.17) is 26.3 Å². The maximum absolute atomic E-state index is 11.6. The maximum Gasteiger partial charge on any atom is 0.277 e. The van der Waals surface area contributed by atoms with Crippen molar-refractivity contribution in [2.75, 3.05) is 13.2 Å². The molecule has 0 aliphatic heterocycles. The SMILES string of the molecule is N#CCOc1ccc(/C=N/NC(=O)COc2ccc(Cl)cc2)cc1. The molecule has 0 heterocycles. The Balaban J connectivity index is 1.75. The van der Waals surface area contributed by atoms with Gasteiger partial charge in [-0.25, -0.2) is 5.43 Å². The van der Waals surface area contributed by atoms with Gasteiger partial charge in [-0.1, -0.05) is 11.6 Å². The number of halogens is 1. The van der Waals surface area contributed by atoms with Gasteiger partial charge < -0.3 is 9.47 Å². The molecule has 1 amide bonds. The highest BCUT2D eigenvalue weighted by Crippen LogP contribution is 2.15. The third-order valence-electron chi connectivity index (χ3n) is 2.77. The summed E-state index contributed by atoms with van der Waals surface area (Å²) < 4.78 is 10.4. The van der Waals surface area contributed by atoms with Gasteiger partial charge in [-0.05, 0) is 54.1 Å². The van der Waals surface area contributed by atoms with Crippen LogP contribution in [0.15, 0.2) is 53.6 Å². The van der Waals surface area contributed by atoms with Crippen LogP contribution in [0.3, 0.4) is 0 Å². The van der Waals surface area contributed by atoms with Crippen LogP contribution < -0.4 is 14.9 Å². The van der Waals surface area contributed by atoms with Gasteiger partial charge in [0, 0.05) is 5.02 Å². The van der Waals surface area contributed by atoms with E-state index in [2.05, 4.69) is 10.5 Å². The first-order valence-electron chi connectivity index (χ1n) is 6.97. The maximum atomic E-state index is 11.6. The molecule has 0 saturated carbocycles. The number of nitrogens with zero attached hydrogens (tertiary/aromatic N) is 2. The standard InChI is InChI=1S/C17H14ClN3O3/c18-14-3-7-16(8-4-14)24-12-17(22)21-20-11-13-1-5-15(6-2-13)23-10-9-19/h1-8,11H,10,12H2,(H,21,22)/b20-11+. The lowest BCUT2D eigenvalue weighted by atomic mass is 10.2. The number of hydrogen-bond donors (Lipinski definition) is 1. The smallest absolute Gasteiger partial charge is 0.277 e. The molecule has 2 aromatic carbocycles. The number of nitrogens with one attached hydrogen (secondary N) is 1. The first kappa shape index (κ1) is 17.3. The van der Waals surface area contributed by atoms with E-state index < -0.39 is 0 Å². The minimum atomic E-state index is -0.379. The normalized spacial score (nSPS) is 10.2. The Morgan fingerprint density at radius 3 is 2.42 bits per heavy atom. The van der Waals surface area contributed by atoms with E-state index in [0.29, 0.717) is 16.5 Å². The van der Waals surface area contributed by atoms with Gasteiger partial charge in [0.15, 0.2) is 13.2 Å². The topological polar surface area (TPSA) is 83.7 Å². The van der Waals surface area contributed by atoms with Gasteiger partial charge in [0.1, 0.15) is 17.6 Å². The molecular weight excluding hydrogens is 330 g/mol. The number of carbonyl (C=O) groups excluding carboxylic acids is 1. The summed E-state index contributed by atoms with van der Waals surface area (Å²) in [5, 5.41) is 12.9. The van der Waals surface area contributed by atoms with Crippen molar-refractivity contribution in [2.45, 2.75) is 0 Å². The van der Waals surface area contributed by atoms with Gasteiger partial charge in [0.2, 0.25) is 0 Å². The highest BCUT2D eigenvalue weighted by Gasteiger charge is 2.01. The van der Waals surface area contributed by atoms with Crippen LogP contribution in [0.25, 0.3) is 0 Å². The Kier molecular flexibility index (Phi) is 6.62. The lowest BCUT2D eigenvalue weighted by molar-refractivity contribution is -0.123. The summed E-state index contributed by atoms with van der Waals surface area (Å²) in [5.41, 5.74) is 3.14. The summed E-state index contributed by atoms with van der Waals surface area (Å²) >= 11 is 5.76. The first-order chi connectivity index (χ1) is 11.7. The molecule has 0 radical (unpaired) electrons. The van der Waals surface area contributed by atoms with Crippen molar-refractivity contribution in [3.8, 4) is 17.6 Å². The van der Waals surface area contributed by atoms with E-state index in [-0.39, 0.29) is 19.1 Å². The quantitative estimate of drug-likeness (QED) is 0.619. The average Bonchev–Trinajstić information content (AvgIpc) is 2.60. The van der Waals surface area contributed by atoms with Crippen molar-refractivity contribution < 1.29 is 14.3 Å². The van der Waals surface area contributed by atoms with Gasteiger partial charge in [0.05, 0.1) is 6.21 Å². The first-order valence-corrected chi connectivity index (χ1v) is 7.35. The molecule has 0 aliphatic carbocycles. The van der Waals surface area contributed by atoms with Crippen molar-refractivity contribution >= 4 is 23.7 Å². The Morgan fingerprint density at radius 2 is 1.75 bits per heavy atom. The summed E-state index contributed by atoms with van der Waals surface area (Å²) in [5.74, 6) is 0.760. The second-order valence-electron chi connectivity index (χ2n) is 4.55. The predicted octanol–water partition coefficient (Wildman–Crippen LogP) is 2.77. The number of amides is 1. The van der Waals surface area contributed by atoms with E-state index in [9.17, 15) is 4.79 Å². The molecule has 2 rings (SSSR count). The Bertz CT molecular complexity index is 737. The zero-order valence-corrected chi connectivity index (χ0v) is 13.4. The van der Waals surface area contributed by atoms with Gasteiger partial charge in [0.25, 0.3) is 5.91 Å². The lowest BCUT2D eigenvalue weighted by Crippen LogP contribution is -2.24. The molecule has 0 saturated heterocycles. The molecule has 0 fully saturated rings. The molecule has 24 heavy (non-hydrogen) atoms. The molecule has 0 aromatic heterocycles. The summed E-state index contributed by atoms with van der Waals surface area (Å²) in [7, 11) is 0. The number of hydrazone groups is 1. The zero-order valence-electron chi connectivity index (χ0n) is 12.6. The van der Waals surface area contributed by atoms with E-state index in [1.165, 1.54) is 6.21 Å². The van der Waals surface area contributed by atoms with E-state index in [1.54, 1.807) is 48.5 Å². The summed E-state index contributed by atoms with van der Waals surface area (Å²) in [6.07, 6.45) is 1.49. The minimum Gasteiger partial charge on any atom is -0.484 e. The number of hydrogen-bond acceptors (Lipinski definition) is 5. The molecule has 0 atom stereocenters. The van der Waals surface area contributed by atoms with Gasteiger partial charge in [-0.15, -0.1) is 0 Å². The van der Waals surface area contributed by atoms with Crippen LogP contribution in [0.1, 0.15) is 5.56 Å². The van der Waals surface area contributed by atoms with Crippen molar-refractivity contribution in [1.29, 1.82) is 5.26 Å². The van der Waals surface area contributed by atoms with E-state index in [0.717, 1.165) is 5.56 Å². The molecule has 122 valence electrons. The van der Waals surface area contributed by atoms with E-state index >= 15 is 0 Å². The van der Waals surface area contributed by atoms with Crippen LogP contribution in [0.5, 0.6) is 11.5 Å².